The highest BCUT2D eigenvalue weighted by Crippen LogP contribution is 2.19. The van der Waals surface area contributed by atoms with Crippen LogP contribution in [0.3, 0.4) is 0 Å². The lowest BCUT2D eigenvalue weighted by Gasteiger charge is -2.15. The van der Waals surface area contributed by atoms with Crippen molar-refractivity contribution in [3.05, 3.63) is 66.1 Å². The summed E-state index contributed by atoms with van der Waals surface area (Å²) in [5.74, 6) is 0.00812. The van der Waals surface area contributed by atoms with Gasteiger partial charge in [-0.25, -0.2) is 0 Å². The molecule has 2 heterocycles. The third-order valence-corrected chi connectivity index (χ3v) is 3.90. The third-order valence-electron chi connectivity index (χ3n) is 3.90. The van der Waals surface area contributed by atoms with Crippen LogP contribution in [-0.2, 0) is 11.3 Å². The van der Waals surface area contributed by atoms with E-state index in [1.165, 1.54) is 0 Å². The number of para-hydroxylation sites is 1. The van der Waals surface area contributed by atoms with Crippen LogP contribution >= 0.6 is 0 Å². The Morgan fingerprint density at radius 2 is 1.95 bits per heavy atom. The molecule has 0 saturated carbocycles. The molecule has 3 aromatic rings. The van der Waals surface area contributed by atoms with E-state index in [0.29, 0.717) is 6.54 Å². The molecule has 0 aliphatic carbocycles. The number of carbonyl (C=O) groups excluding carboxylic acids is 1. The standard InChI is InChI=1S/C18H19N3O/c1-13-11-16-5-3-4-6-17(16)21(13)12-18(22)20-14(2)15-7-9-19-10-8-15/h3-11,14H,12H2,1-2H3,(H,20,22). The summed E-state index contributed by atoms with van der Waals surface area (Å²) in [4.78, 5) is 16.3. The van der Waals surface area contributed by atoms with E-state index >= 15 is 0 Å². The van der Waals surface area contributed by atoms with E-state index in [9.17, 15) is 4.79 Å². The van der Waals surface area contributed by atoms with Gasteiger partial charge >= 0.3 is 0 Å². The number of pyridine rings is 1. The zero-order chi connectivity index (χ0) is 15.5. The van der Waals surface area contributed by atoms with E-state index in [4.69, 9.17) is 0 Å². The molecule has 1 unspecified atom stereocenters. The molecule has 1 atom stereocenters. The lowest BCUT2D eigenvalue weighted by Crippen LogP contribution is -2.30. The number of fused-ring (bicyclic) bond motifs is 1. The highest BCUT2D eigenvalue weighted by Gasteiger charge is 2.12. The van der Waals surface area contributed by atoms with Crippen molar-refractivity contribution in [2.45, 2.75) is 26.4 Å². The summed E-state index contributed by atoms with van der Waals surface area (Å²) in [5, 5.41) is 4.20. The fraction of sp³-hybridized carbons (Fsp3) is 0.222. The maximum absolute atomic E-state index is 12.3. The fourth-order valence-electron chi connectivity index (χ4n) is 2.72. The first-order valence-corrected chi connectivity index (χ1v) is 7.39. The van der Waals surface area contributed by atoms with E-state index in [1.807, 2.05) is 48.7 Å². The molecule has 1 N–H and O–H groups in total. The van der Waals surface area contributed by atoms with Gasteiger partial charge in [-0.1, -0.05) is 18.2 Å². The van der Waals surface area contributed by atoms with Crippen LogP contribution in [-0.4, -0.2) is 15.5 Å². The number of amides is 1. The molecule has 0 radical (unpaired) electrons. The third kappa shape index (κ3) is 2.86. The number of carbonyl (C=O) groups is 1. The van der Waals surface area contributed by atoms with Crippen LogP contribution in [0.5, 0.6) is 0 Å². The molecule has 1 aromatic carbocycles. The first kappa shape index (κ1) is 14.3. The Morgan fingerprint density at radius 1 is 1.23 bits per heavy atom. The van der Waals surface area contributed by atoms with Gasteiger partial charge in [0.25, 0.3) is 0 Å². The summed E-state index contributed by atoms with van der Waals surface area (Å²) < 4.78 is 2.05. The highest BCUT2D eigenvalue weighted by molar-refractivity contribution is 5.84. The molecule has 0 aliphatic rings. The molecule has 2 aromatic heterocycles. The monoisotopic (exact) mass is 293 g/mol. The largest absolute Gasteiger partial charge is 0.348 e. The number of benzene rings is 1. The second-order valence-electron chi connectivity index (χ2n) is 5.50. The molecule has 1 amide bonds. The molecule has 112 valence electrons. The van der Waals surface area contributed by atoms with Crippen LogP contribution in [0.25, 0.3) is 10.9 Å². The molecule has 22 heavy (non-hydrogen) atoms. The van der Waals surface area contributed by atoms with Crippen LogP contribution < -0.4 is 5.32 Å². The number of nitrogens with one attached hydrogen (secondary N) is 1. The molecule has 0 bridgehead atoms. The summed E-state index contributed by atoms with van der Waals surface area (Å²) in [7, 11) is 0. The number of aryl methyl sites for hydroxylation is 1. The van der Waals surface area contributed by atoms with Crippen molar-refractivity contribution in [3.8, 4) is 0 Å². The molecular formula is C18H19N3O. The smallest absolute Gasteiger partial charge is 0.240 e. The SMILES string of the molecule is Cc1cc2ccccc2n1CC(=O)NC(C)c1ccncc1. The highest BCUT2D eigenvalue weighted by atomic mass is 16.2. The Morgan fingerprint density at radius 3 is 2.73 bits per heavy atom. The molecule has 0 saturated heterocycles. The van der Waals surface area contributed by atoms with Crippen molar-refractivity contribution in [2.24, 2.45) is 0 Å². The van der Waals surface area contributed by atoms with Crippen LogP contribution in [0, 0.1) is 6.92 Å². The predicted molar refractivity (Wildman–Crippen MR) is 87.5 cm³/mol. The summed E-state index contributed by atoms with van der Waals surface area (Å²) in [6.07, 6.45) is 3.48. The van der Waals surface area contributed by atoms with E-state index in [1.54, 1.807) is 12.4 Å². The Balaban J connectivity index is 1.75. The quantitative estimate of drug-likeness (QED) is 0.803. The minimum atomic E-state index is -0.0300. The molecular weight excluding hydrogens is 274 g/mol. The lowest BCUT2D eigenvalue weighted by atomic mass is 10.1. The van der Waals surface area contributed by atoms with Crippen molar-refractivity contribution in [2.75, 3.05) is 0 Å². The average Bonchev–Trinajstić information content (AvgIpc) is 2.84. The minimum Gasteiger partial charge on any atom is -0.348 e. The number of aromatic nitrogens is 2. The lowest BCUT2D eigenvalue weighted by molar-refractivity contribution is -0.122. The van der Waals surface area contributed by atoms with E-state index in [2.05, 4.69) is 22.4 Å². The van der Waals surface area contributed by atoms with Gasteiger partial charge in [0.15, 0.2) is 0 Å². The van der Waals surface area contributed by atoms with Gasteiger partial charge < -0.3 is 9.88 Å². The summed E-state index contributed by atoms with van der Waals surface area (Å²) in [6.45, 7) is 4.34. The normalized spacial score (nSPS) is 12.3. The van der Waals surface area contributed by atoms with Crippen LogP contribution in [0.1, 0.15) is 24.2 Å². The first-order chi connectivity index (χ1) is 10.6. The maximum atomic E-state index is 12.3. The Bertz CT molecular complexity index is 792. The molecule has 0 spiro atoms. The first-order valence-electron chi connectivity index (χ1n) is 7.39. The summed E-state index contributed by atoms with van der Waals surface area (Å²) >= 11 is 0. The Hall–Kier alpha value is -2.62. The number of hydrogen-bond acceptors (Lipinski definition) is 2. The van der Waals surface area contributed by atoms with E-state index < -0.39 is 0 Å². The second kappa shape index (κ2) is 6.02. The number of hydrogen-bond donors (Lipinski definition) is 1. The predicted octanol–water partition coefficient (Wildman–Crippen LogP) is 3.22. The minimum absolute atomic E-state index is 0.00812. The van der Waals surface area contributed by atoms with Crippen molar-refractivity contribution in [1.29, 1.82) is 0 Å². The van der Waals surface area contributed by atoms with Gasteiger partial charge in [-0.15, -0.1) is 0 Å². The molecule has 0 fully saturated rings. The number of nitrogens with zero attached hydrogens (tertiary/aromatic N) is 2. The second-order valence-corrected chi connectivity index (χ2v) is 5.50. The Kier molecular flexibility index (Phi) is 3.92. The molecule has 4 nitrogen and oxygen atoms in total. The Labute approximate surface area is 129 Å². The van der Waals surface area contributed by atoms with Gasteiger partial charge in [0.1, 0.15) is 6.54 Å². The summed E-state index contributed by atoms with van der Waals surface area (Å²) in [5.41, 5.74) is 3.23. The van der Waals surface area contributed by atoms with Crippen LogP contribution in [0.15, 0.2) is 54.9 Å². The summed E-state index contributed by atoms with van der Waals surface area (Å²) in [6, 6.07) is 14.0. The zero-order valence-electron chi connectivity index (χ0n) is 12.8. The molecule has 3 rings (SSSR count). The van der Waals surface area contributed by atoms with Gasteiger partial charge in [-0.3, -0.25) is 9.78 Å². The molecule has 0 aliphatic heterocycles. The van der Waals surface area contributed by atoms with Crippen molar-refractivity contribution in [1.82, 2.24) is 14.9 Å². The topological polar surface area (TPSA) is 46.9 Å². The van der Waals surface area contributed by atoms with Gasteiger partial charge in [0, 0.05) is 23.6 Å². The maximum Gasteiger partial charge on any atom is 0.240 e. The number of rotatable bonds is 4. The van der Waals surface area contributed by atoms with Crippen LogP contribution in [0.2, 0.25) is 0 Å². The van der Waals surface area contributed by atoms with E-state index in [-0.39, 0.29) is 11.9 Å². The van der Waals surface area contributed by atoms with Gasteiger partial charge in [-0.05, 0) is 49.1 Å². The zero-order valence-corrected chi connectivity index (χ0v) is 12.8. The van der Waals surface area contributed by atoms with Gasteiger partial charge in [0.2, 0.25) is 5.91 Å². The van der Waals surface area contributed by atoms with Gasteiger partial charge in [0.05, 0.1) is 6.04 Å². The van der Waals surface area contributed by atoms with Crippen molar-refractivity contribution >= 4 is 16.8 Å². The average molecular weight is 293 g/mol. The molecule has 4 heteroatoms. The van der Waals surface area contributed by atoms with Gasteiger partial charge in [-0.2, -0.15) is 0 Å². The van der Waals surface area contributed by atoms with Crippen molar-refractivity contribution < 1.29 is 4.79 Å². The fourth-order valence-corrected chi connectivity index (χ4v) is 2.72. The van der Waals surface area contributed by atoms with Crippen molar-refractivity contribution in [3.63, 3.8) is 0 Å². The van der Waals surface area contributed by atoms with Crippen LogP contribution in [0.4, 0.5) is 0 Å². The van der Waals surface area contributed by atoms with E-state index in [0.717, 1.165) is 22.2 Å².